The van der Waals surface area contributed by atoms with Gasteiger partial charge in [0.2, 0.25) is 0 Å². The maximum absolute atomic E-state index is 11.7. The fourth-order valence-electron chi connectivity index (χ4n) is 2.12. The minimum absolute atomic E-state index is 0.0698. The van der Waals surface area contributed by atoms with Crippen LogP contribution in [0, 0.1) is 11.3 Å². The number of rotatable bonds is 7. The summed E-state index contributed by atoms with van der Waals surface area (Å²) < 4.78 is 11.2. The van der Waals surface area contributed by atoms with E-state index in [1.165, 1.54) is 4.90 Å². The normalized spacial score (nSPS) is 10.8. The van der Waals surface area contributed by atoms with E-state index in [-0.39, 0.29) is 12.5 Å². The second-order valence-electron chi connectivity index (χ2n) is 5.60. The van der Waals surface area contributed by atoms with Crippen LogP contribution in [0.15, 0.2) is 42.6 Å². The number of hydrogen-bond acceptors (Lipinski definition) is 5. The van der Waals surface area contributed by atoms with Crippen LogP contribution in [0.1, 0.15) is 18.2 Å². The molecule has 2 aromatic rings. The highest BCUT2D eigenvalue weighted by Gasteiger charge is 2.11. The molecule has 0 aliphatic carbocycles. The Morgan fingerprint density at radius 3 is 2.65 bits per heavy atom. The molecule has 0 spiro atoms. The van der Waals surface area contributed by atoms with Crippen molar-refractivity contribution < 1.29 is 14.3 Å². The summed E-state index contributed by atoms with van der Waals surface area (Å²) in [6.07, 6.45) is 3.38. The number of benzene rings is 1. The van der Waals surface area contributed by atoms with Crippen LogP contribution in [0.3, 0.4) is 0 Å². The topological polar surface area (TPSA) is 75.5 Å². The first kappa shape index (κ1) is 19.0. The highest BCUT2D eigenvalue weighted by Crippen LogP contribution is 2.30. The molecular weight excluding hydrogens is 330 g/mol. The Bertz CT molecular complexity index is 824. The Hall–Kier alpha value is -3.33. The van der Waals surface area contributed by atoms with E-state index in [1.54, 1.807) is 56.7 Å². The average Bonchev–Trinajstić information content (AvgIpc) is 2.66. The Morgan fingerprint density at radius 2 is 2.04 bits per heavy atom. The van der Waals surface area contributed by atoms with Crippen molar-refractivity contribution in [3.8, 4) is 17.6 Å². The molecule has 0 radical (unpaired) electrons. The second kappa shape index (κ2) is 9.23. The van der Waals surface area contributed by atoms with Gasteiger partial charge in [-0.05, 0) is 42.8 Å². The number of aromatic nitrogens is 1. The van der Waals surface area contributed by atoms with Crippen LogP contribution in [-0.2, 0) is 4.79 Å². The van der Waals surface area contributed by atoms with Crippen molar-refractivity contribution >= 4 is 17.6 Å². The van der Waals surface area contributed by atoms with Crippen molar-refractivity contribution in [2.75, 3.05) is 27.3 Å². The molecule has 134 valence electrons. The molecule has 26 heavy (non-hydrogen) atoms. The molecule has 1 amide bonds. The van der Waals surface area contributed by atoms with E-state index >= 15 is 0 Å². The lowest BCUT2D eigenvalue weighted by Gasteiger charge is -2.14. The lowest BCUT2D eigenvalue weighted by molar-refractivity contribution is -0.130. The number of nitriles is 1. The number of allylic oxidation sites excluding steroid dienone is 1. The van der Waals surface area contributed by atoms with E-state index in [4.69, 9.17) is 9.47 Å². The van der Waals surface area contributed by atoms with Gasteiger partial charge >= 0.3 is 0 Å². The van der Waals surface area contributed by atoms with E-state index in [2.05, 4.69) is 11.1 Å². The van der Waals surface area contributed by atoms with Crippen LogP contribution in [0.25, 0.3) is 11.6 Å². The smallest absolute Gasteiger partial charge is 0.259 e. The summed E-state index contributed by atoms with van der Waals surface area (Å²) in [4.78, 5) is 17.4. The number of likely N-dealkylation sites (N-methyl/N-ethyl adjacent to an activating group) is 1. The monoisotopic (exact) mass is 351 g/mol. The molecule has 1 aromatic carbocycles. The van der Waals surface area contributed by atoms with Gasteiger partial charge in [0.15, 0.2) is 18.1 Å². The Kier molecular flexibility index (Phi) is 6.75. The molecule has 0 saturated carbocycles. The summed E-state index contributed by atoms with van der Waals surface area (Å²) in [5.74, 6) is 0.861. The van der Waals surface area contributed by atoms with Gasteiger partial charge in [0.05, 0.1) is 17.9 Å². The SMILES string of the molecule is CCOc1cc(/C=C(\C#N)c2ccccn2)ccc1OCC(=O)N(C)C. The van der Waals surface area contributed by atoms with E-state index < -0.39 is 0 Å². The number of ether oxygens (including phenoxy) is 2. The molecule has 0 atom stereocenters. The van der Waals surface area contributed by atoms with Crippen LogP contribution < -0.4 is 9.47 Å². The first-order valence-electron chi connectivity index (χ1n) is 8.18. The largest absolute Gasteiger partial charge is 0.490 e. The fraction of sp³-hybridized carbons (Fsp3) is 0.250. The van der Waals surface area contributed by atoms with Gasteiger partial charge in [-0.2, -0.15) is 5.26 Å². The molecule has 0 aliphatic rings. The second-order valence-corrected chi connectivity index (χ2v) is 5.60. The van der Waals surface area contributed by atoms with Crippen LogP contribution in [-0.4, -0.2) is 43.1 Å². The first-order chi connectivity index (χ1) is 12.5. The maximum atomic E-state index is 11.7. The number of carbonyl (C=O) groups is 1. The average molecular weight is 351 g/mol. The number of hydrogen-bond donors (Lipinski definition) is 0. The summed E-state index contributed by atoms with van der Waals surface area (Å²) in [7, 11) is 3.34. The number of pyridine rings is 1. The molecule has 1 aromatic heterocycles. The van der Waals surface area contributed by atoms with Crippen molar-refractivity contribution in [2.24, 2.45) is 0 Å². The molecule has 0 aliphatic heterocycles. The summed E-state index contributed by atoms with van der Waals surface area (Å²) in [5.41, 5.74) is 1.83. The maximum Gasteiger partial charge on any atom is 0.259 e. The van der Waals surface area contributed by atoms with Gasteiger partial charge in [-0.1, -0.05) is 12.1 Å². The molecule has 0 bridgehead atoms. The zero-order valence-electron chi connectivity index (χ0n) is 15.1. The van der Waals surface area contributed by atoms with Crippen molar-refractivity contribution in [3.05, 3.63) is 53.9 Å². The predicted octanol–water partition coefficient (Wildman–Crippen LogP) is 3.01. The molecule has 1 heterocycles. The van der Waals surface area contributed by atoms with Crippen LogP contribution >= 0.6 is 0 Å². The van der Waals surface area contributed by atoms with Gasteiger partial charge in [-0.25, -0.2) is 0 Å². The molecular formula is C20H21N3O3. The van der Waals surface area contributed by atoms with Crippen molar-refractivity contribution in [3.63, 3.8) is 0 Å². The highest BCUT2D eigenvalue weighted by atomic mass is 16.5. The zero-order chi connectivity index (χ0) is 18.9. The molecule has 6 heteroatoms. The molecule has 6 nitrogen and oxygen atoms in total. The lowest BCUT2D eigenvalue weighted by atomic mass is 10.1. The standard InChI is InChI=1S/C20H21N3O3/c1-4-25-19-12-15(8-9-18(19)26-14-20(24)23(2)3)11-16(13-21)17-7-5-6-10-22-17/h5-12H,4,14H2,1-3H3/b16-11+. The zero-order valence-corrected chi connectivity index (χ0v) is 15.1. The number of nitrogens with zero attached hydrogens (tertiary/aromatic N) is 3. The van der Waals surface area contributed by atoms with Gasteiger partial charge in [0.25, 0.3) is 5.91 Å². The molecule has 0 saturated heterocycles. The van der Waals surface area contributed by atoms with Gasteiger partial charge in [-0.15, -0.1) is 0 Å². The fourth-order valence-corrected chi connectivity index (χ4v) is 2.12. The summed E-state index contributed by atoms with van der Waals surface area (Å²) in [5, 5.41) is 9.41. The van der Waals surface area contributed by atoms with Crippen LogP contribution in [0.2, 0.25) is 0 Å². The highest BCUT2D eigenvalue weighted by molar-refractivity contribution is 5.88. The van der Waals surface area contributed by atoms with Gasteiger partial charge in [0.1, 0.15) is 6.07 Å². The number of amides is 1. The van der Waals surface area contributed by atoms with Crippen LogP contribution in [0.4, 0.5) is 0 Å². The third kappa shape index (κ3) is 5.08. The van der Waals surface area contributed by atoms with Gasteiger partial charge < -0.3 is 14.4 Å². The molecule has 0 fully saturated rings. The summed E-state index contributed by atoms with van der Waals surface area (Å²) >= 11 is 0. The van der Waals surface area contributed by atoms with Crippen molar-refractivity contribution in [1.29, 1.82) is 5.26 Å². The lowest BCUT2D eigenvalue weighted by Crippen LogP contribution is -2.27. The van der Waals surface area contributed by atoms with E-state index in [1.807, 2.05) is 13.0 Å². The Balaban J connectivity index is 2.28. The van der Waals surface area contributed by atoms with Gasteiger partial charge in [0, 0.05) is 20.3 Å². The predicted molar refractivity (Wildman–Crippen MR) is 99.5 cm³/mol. The van der Waals surface area contributed by atoms with Crippen molar-refractivity contribution in [2.45, 2.75) is 6.92 Å². The Morgan fingerprint density at radius 1 is 1.23 bits per heavy atom. The van der Waals surface area contributed by atoms with E-state index in [9.17, 15) is 10.1 Å². The third-order valence-electron chi connectivity index (χ3n) is 3.49. The number of carbonyl (C=O) groups excluding carboxylic acids is 1. The molecule has 0 unspecified atom stereocenters. The minimum atomic E-state index is -0.140. The quantitative estimate of drug-likeness (QED) is 0.717. The molecule has 0 N–H and O–H groups in total. The van der Waals surface area contributed by atoms with Crippen LogP contribution in [0.5, 0.6) is 11.5 Å². The van der Waals surface area contributed by atoms with Crippen molar-refractivity contribution in [1.82, 2.24) is 9.88 Å². The summed E-state index contributed by atoms with van der Waals surface area (Å²) in [6.45, 7) is 2.25. The Labute approximate surface area is 153 Å². The summed E-state index contributed by atoms with van der Waals surface area (Å²) in [6, 6.07) is 12.9. The van der Waals surface area contributed by atoms with Gasteiger partial charge in [-0.3, -0.25) is 9.78 Å². The first-order valence-corrected chi connectivity index (χ1v) is 8.18. The van der Waals surface area contributed by atoms with E-state index in [0.29, 0.717) is 29.4 Å². The minimum Gasteiger partial charge on any atom is -0.490 e. The molecule has 2 rings (SSSR count). The third-order valence-corrected chi connectivity index (χ3v) is 3.49. The van der Waals surface area contributed by atoms with E-state index in [0.717, 1.165) is 5.56 Å².